The molecule has 0 spiro atoms. The summed E-state index contributed by atoms with van der Waals surface area (Å²) in [6.07, 6.45) is -1.00. The monoisotopic (exact) mass is 429 g/mol. The van der Waals surface area contributed by atoms with E-state index in [2.05, 4.69) is 16.0 Å². The van der Waals surface area contributed by atoms with Gasteiger partial charge in [0, 0.05) is 12.6 Å². The Balaban J connectivity index is 1.85. The second-order valence-corrected chi connectivity index (χ2v) is 7.51. The molecule has 0 aliphatic rings. The maximum absolute atomic E-state index is 13.0. The minimum absolute atomic E-state index is 0.0370. The normalized spacial score (nSPS) is 12.6. The summed E-state index contributed by atoms with van der Waals surface area (Å²) in [5, 5.41) is 8.18. The number of halogens is 1. The Morgan fingerprint density at radius 2 is 1.52 bits per heavy atom. The fraction of sp³-hybridized carbons (Fsp3) is 0.348. The van der Waals surface area contributed by atoms with Crippen molar-refractivity contribution in [2.24, 2.45) is 0 Å². The molecule has 0 radical (unpaired) electrons. The molecule has 0 heterocycles. The van der Waals surface area contributed by atoms with Crippen molar-refractivity contribution < 1.29 is 23.5 Å². The Morgan fingerprint density at radius 3 is 2.10 bits per heavy atom. The van der Waals surface area contributed by atoms with Gasteiger partial charge in [0.1, 0.15) is 5.82 Å². The van der Waals surface area contributed by atoms with E-state index in [-0.39, 0.29) is 23.9 Å². The Kier molecular flexibility index (Phi) is 8.54. The minimum Gasteiger partial charge on any atom is -0.449 e. The molecule has 2 aromatic rings. The summed E-state index contributed by atoms with van der Waals surface area (Å²) in [6, 6.07) is 11.8. The largest absolute Gasteiger partial charge is 0.449 e. The molecule has 166 valence electrons. The summed E-state index contributed by atoms with van der Waals surface area (Å²) in [4.78, 5) is 36.3. The number of carbonyl (C=O) groups excluding carboxylic acids is 3. The van der Waals surface area contributed by atoms with Gasteiger partial charge in [-0.3, -0.25) is 4.79 Å². The predicted octanol–water partition coefficient (Wildman–Crippen LogP) is 3.46. The first-order valence-corrected chi connectivity index (χ1v) is 10.1. The summed E-state index contributed by atoms with van der Waals surface area (Å²) in [6.45, 7) is 7.29. The third-order valence-electron chi connectivity index (χ3n) is 4.44. The Labute approximate surface area is 181 Å². The smallest absolute Gasteiger partial charge is 0.338 e. The average Bonchev–Trinajstić information content (AvgIpc) is 2.72. The van der Waals surface area contributed by atoms with Crippen molar-refractivity contribution in [3.05, 3.63) is 71.0 Å². The highest BCUT2D eigenvalue weighted by Crippen LogP contribution is 2.14. The number of rotatable bonds is 8. The number of carbonyl (C=O) groups is 3. The van der Waals surface area contributed by atoms with E-state index in [0.717, 1.165) is 11.1 Å². The van der Waals surface area contributed by atoms with Gasteiger partial charge in [-0.1, -0.05) is 24.3 Å². The van der Waals surface area contributed by atoms with Gasteiger partial charge < -0.3 is 20.7 Å². The maximum atomic E-state index is 13.0. The number of hydrogen-bond acceptors (Lipinski definition) is 4. The second kappa shape index (κ2) is 11.1. The van der Waals surface area contributed by atoms with Gasteiger partial charge in [-0.2, -0.15) is 0 Å². The van der Waals surface area contributed by atoms with Gasteiger partial charge in [0.15, 0.2) is 6.10 Å². The number of urea groups is 1. The Morgan fingerprint density at radius 1 is 0.903 bits per heavy atom. The standard InChI is InChI=1S/C23H28FN3O4/c1-14(2)26-23(30)25-13-17-5-7-19(8-6-17)22(29)31-16(4)21(28)27-15(3)18-9-11-20(24)12-10-18/h5-12,14-16H,13H2,1-4H3,(H,27,28)(H2,25,26,30). The molecule has 0 saturated heterocycles. The first kappa shape index (κ1) is 23.9. The number of benzene rings is 2. The third kappa shape index (κ3) is 7.73. The van der Waals surface area contributed by atoms with Crippen LogP contribution in [0.5, 0.6) is 0 Å². The first-order chi connectivity index (χ1) is 14.7. The molecule has 7 nitrogen and oxygen atoms in total. The zero-order chi connectivity index (χ0) is 23.0. The van der Waals surface area contributed by atoms with Gasteiger partial charge >= 0.3 is 12.0 Å². The molecule has 8 heteroatoms. The average molecular weight is 429 g/mol. The molecule has 0 fully saturated rings. The molecular weight excluding hydrogens is 401 g/mol. The van der Waals surface area contributed by atoms with Gasteiger partial charge in [-0.15, -0.1) is 0 Å². The molecule has 0 saturated carbocycles. The van der Waals surface area contributed by atoms with Crippen LogP contribution in [0.1, 0.15) is 55.2 Å². The van der Waals surface area contributed by atoms with Gasteiger partial charge in [-0.25, -0.2) is 14.0 Å². The predicted molar refractivity (Wildman–Crippen MR) is 115 cm³/mol. The molecule has 2 rings (SSSR count). The van der Waals surface area contributed by atoms with Gasteiger partial charge in [0.2, 0.25) is 0 Å². The van der Waals surface area contributed by atoms with Gasteiger partial charge in [0.25, 0.3) is 5.91 Å². The molecule has 31 heavy (non-hydrogen) atoms. The molecule has 2 atom stereocenters. The van der Waals surface area contributed by atoms with Crippen LogP contribution in [-0.2, 0) is 16.1 Å². The van der Waals surface area contributed by atoms with Crippen molar-refractivity contribution in [3.63, 3.8) is 0 Å². The summed E-state index contributed by atoms with van der Waals surface area (Å²) in [7, 11) is 0. The molecule has 2 aromatic carbocycles. The van der Waals surface area contributed by atoms with Crippen LogP contribution in [0.4, 0.5) is 9.18 Å². The quantitative estimate of drug-likeness (QED) is 0.560. The number of esters is 1. The Bertz CT molecular complexity index is 898. The highest BCUT2D eigenvalue weighted by atomic mass is 19.1. The van der Waals surface area contributed by atoms with E-state index >= 15 is 0 Å². The lowest BCUT2D eigenvalue weighted by Gasteiger charge is -2.18. The molecule has 0 bridgehead atoms. The first-order valence-electron chi connectivity index (χ1n) is 10.1. The topological polar surface area (TPSA) is 96.5 Å². The molecule has 0 aliphatic heterocycles. The van der Waals surface area contributed by atoms with E-state index in [4.69, 9.17) is 4.74 Å². The van der Waals surface area contributed by atoms with Crippen molar-refractivity contribution in [2.45, 2.75) is 52.4 Å². The van der Waals surface area contributed by atoms with E-state index in [1.165, 1.54) is 19.1 Å². The van der Waals surface area contributed by atoms with Crippen molar-refractivity contribution >= 4 is 17.9 Å². The number of amides is 3. The van der Waals surface area contributed by atoms with Crippen LogP contribution < -0.4 is 16.0 Å². The van der Waals surface area contributed by atoms with Crippen LogP contribution in [0.3, 0.4) is 0 Å². The summed E-state index contributed by atoms with van der Waals surface area (Å²) >= 11 is 0. The number of nitrogens with one attached hydrogen (secondary N) is 3. The highest BCUT2D eigenvalue weighted by Gasteiger charge is 2.21. The molecule has 0 aliphatic carbocycles. The molecule has 0 aromatic heterocycles. The van der Waals surface area contributed by atoms with Crippen LogP contribution in [-0.4, -0.2) is 30.1 Å². The lowest BCUT2D eigenvalue weighted by molar-refractivity contribution is -0.129. The highest BCUT2D eigenvalue weighted by molar-refractivity contribution is 5.92. The molecular formula is C23H28FN3O4. The SMILES string of the molecule is CC(C)NC(=O)NCc1ccc(C(=O)OC(C)C(=O)NC(C)c2ccc(F)cc2)cc1. The van der Waals surface area contributed by atoms with Crippen LogP contribution in [0.2, 0.25) is 0 Å². The molecule has 2 unspecified atom stereocenters. The van der Waals surface area contributed by atoms with Crippen molar-refractivity contribution in [1.82, 2.24) is 16.0 Å². The maximum Gasteiger partial charge on any atom is 0.338 e. The summed E-state index contributed by atoms with van der Waals surface area (Å²) in [5.41, 5.74) is 1.84. The number of ether oxygens (including phenoxy) is 1. The number of hydrogen-bond donors (Lipinski definition) is 3. The van der Waals surface area contributed by atoms with Crippen molar-refractivity contribution in [2.75, 3.05) is 0 Å². The molecule has 3 amide bonds. The lowest BCUT2D eigenvalue weighted by Crippen LogP contribution is -2.39. The Hall–Kier alpha value is -3.42. The van der Waals surface area contributed by atoms with Gasteiger partial charge in [-0.05, 0) is 63.1 Å². The second-order valence-electron chi connectivity index (χ2n) is 7.51. The van der Waals surface area contributed by atoms with E-state index in [9.17, 15) is 18.8 Å². The van der Waals surface area contributed by atoms with Crippen molar-refractivity contribution in [1.29, 1.82) is 0 Å². The van der Waals surface area contributed by atoms with Crippen molar-refractivity contribution in [3.8, 4) is 0 Å². The lowest BCUT2D eigenvalue weighted by atomic mass is 10.1. The fourth-order valence-electron chi connectivity index (χ4n) is 2.70. The van der Waals surface area contributed by atoms with E-state index in [0.29, 0.717) is 12.1 Å². The molecule has 3 N–H and O–H groups in total. The summed E-state index contributed by atoms with van der Waals surface area (Å²) < 4.78 is 18.3. The minimum atomic E-state index is -1.00. The third-order valence-corrected chi connectivity index (χ3v) is 4.44. The van der Waals surface area contributed by atoms with Crippen LogP contribution in [0.15, 0.2) is 48.5 Å². The van der Waals surface area contributed by atoms with Crippen LogP contribution >= 0.6 is 0 Å². The van der Waals surface area contributed by atoms with E-state index in [1.807, 2.05) is 13.8 Å². The zero-order valence-corrected chi connectivity index (χ0v) is 18.1. The van der Waals surface area contributed by atoms with Gasteiger partial charge in [0.05, 0.1) is 11.6 Å². The van der Waals surface area contributed by atoms with E-state index in [1.54, 1.807) is 43.3 Å². The summed E-state index contributed by atoms with van der Waals surface area (Å²) in [5.74, 6) is -1.44. The van der Waals surface area contributed by atoms with Crippen LogP contribution in [0.25, 0.3) is 0 Å². The zero-order valence-electron chi connectivity index (χ0n) is 18.1. The van der Waals surface area contributed by atoms with Crippen LogP contribution in [0, 0.1) is 5.82 Å². The fourth-order valence-corrected chi connectivity index (χ4v) is 2.70. The van der Waals surface area contributed by atoms with E-state index < -0.39 is 18.0 Å².